The first-order valence-corrected chi connectivity index (χ1v) is 8.10. The molecule has 0 bridgehead atoms. The van der Waals surface area contributed by atoms with E-state index in [1.165, 1.54) is 19.3 Å². The molecule has 20 heavy (non-hydrogen) atoms. The number of benzene rings is 1. The van der Waals surface area contributed by atoms with Crippen molar-refractivity contribution in [3.8, 4) is 5.75 Å². The second-order valence-corrected chi connectivity index (χ2v) is 6.59. The Kier molecular flexibility index (Phi) is 5.73. The summed E-state index contributed by atoms with van der Waals surface area (Å²) in [5, 5.41) is 3.69. The Hall–Kier alpha value is -0.740. The zero-order chi connectivity index (χ0) is 14.5. The Labute approximate surface area is 133 Å². The molecule has 1 aromatic carbocycles. The fourth-order valence-electron chi connectivity index (χ4n) is 2.51. The summed E-state index contributed by atoms with van der Waals surface area (Å²) in [6.07, 6.45) is 4.71. The van der Waals surface area contributed by atoms with Crippen LogP contribution in [0.1, 0.15) is 32.6 Å². The number of nitrogens with one attached hydrogen (secondary N) is 1. The van der Waals surface area contributed by atoms with E-state index in [1.54, 1.807) is 18.2 Å². The molecule has 0 aromatic heterocycles. The third-order valence-electron chi connectivity index (χ3n) is 3.71. The Morgan fingerprint density at radius 2 is 2.20 bits per heavy atom. The van der Waals surface area contributed by atoms with Crippen LogP contribution in [0.4, 0.5) is 0 Å². The number of halogens is 2. The van der Waals surface area contributed by atoms with Crippen LogP contribution >= 0.6 is 27.5 Å². The summed E-state index contributed by atoms with van der Waals surface area (Å²) >= 11 is 9.22. The van der Waals surface area contributed by atoms with Crippen molar-refractivity contribution >= 4 is 33.4 Å². The number of carbonyl (C=O) groups excluding carboxylic acids is 1. The molecule has 0 radical (unpaired) electrons. The molecule has 0 heterocycles. The first kappa shape index (κ1) is 15.6. The Balaban J connectivity index is 1.82. The molecule has 0 spiro atoms. The minimum atomic E-state index is -0.0643. The van der Waals surface area contributed by atoms with Crippen molar-refractivity contribution in [1.82, 2.24) is 5.32 Å². The zero-order valence-electron chi connectivity index (χ0n) is 11.5. The number of rotatable bonds is 4. The Morgan fingerprint density at radius 3 is 2.90 bits per heavy atom. The van der Waals surface area contributed by atoms with Gasteiger partial charge >= 0.3 is 0 Å². The highest BCUT2D eigenvalue weighted by atomic mass is 79.9. The van der Waals surface area contributed by atoms with Gasteiger partial charge in [0.2, 0.25) is 0 Å². The van der Waals surface area contributed by atoms with Crippen molar-refractivity contribution in [3.63, 3.8) is 0 Å². The number of amides is 1. The van der Waals surface area contributed by atoms with Gasteiger partial charge < -0.3 is 10.1 Å². The molecule has 110 valence electrons. The summed E-state index contributed by atoms with van der Waals surface area (Å²) in [6.45, 7) is 2.23. The molecular weight excluding hydrogens is 342 g/mol. The minimum Gasteiger partial charge on any atom is -0.483 e. The van der Waals surface area contributed by atoms with Crippen LogP contribution in [0.2, 0.25) is 5.02 Å². The summed E-state index contributed by atoms with van der Waals surface area (Å²) in [5.74, 6) is 1.11. The highest BCUT2D eigenvalue weighted by molar-refractivity contribution is 9.10. The molecule has 5 heteroatoms. The predicted molar refractivity (Wildman–Crippen MR) is 84.2 cm³/mol. The second kappa shape index (κ2) is 7.32. The van der Waals surface area contributed by atoms with E-state index in [2.05, 4.69) is 28.2 Å². The average molecular weight is 361 g/mol. The first-order valence-electron chi connectivity index (χ1n) is 6.93. The van der Waals surface area contributed by atoms with Crippen molar-refractivity contribution in [3.05, 3.63) is 27.7 Å². The fraction of sp³-hybridized carbons (Fsp3) is 0.533. The van der Waals surface area contributed by atoms with Gasteiger partial charge in [0, 0.05) is 11.1 Å². The monoisotopic (exact) mass is 359 g/mol. The quantitative estimate of drug-likeness (QED) is 0.875. The maximum Gasteiger partial charge on any atom is 0.258 e. The lowest BCUT2D eigenvalue weighted by Gasteiger charge is -2.29. The topological polar surface area (TPSA) is 38.3 Å². The number of carbonyl (C=O) groups is 1. The van der Waals surface area contributed by atoms with Gasteiger partial charge in [0.05, 0.1) is 4.47 Å². The molecule has 1 saturated carbocycles. The lowest BCUT2D eigenvalue weighted by Crippen LogP contribution is -2.43. The van der Waals surface area contributed by atoms with E-state index < -0.39 is 0 Å². The largest absolute Gasteiger partial charge is 0.483 e. The van der Waals surface area contributed by atoms with Crippen molar-refractivity contribution in [2.45, 2.75) is 38.6 Å². The van der Waals surface area contributed by atoms with Crippen LogP contribution in [0, 0.1) is 5.92 Å². The van der Waals surface area contributed by atoms with Crippen LogP contribution < -0.4 is 10.1 Å². The molecule has 2 rings (SSSR count). The summed E-state index contributed by atoms with van der Waals surface area (Å²) in [5.41, 5.74) is 0. The maximum atomic E-state index is 11.9. The van der Waals surface area contributed by atoms with Crippen molar-refractivity contribution in [2.75, 3.05) is 6.61 Å². The van der Waals surface area contributed by atoms with E-state index in [4.69, 9.17) is 16.3 Å². The lowest BCUT2D eigenvalue weighted by molar-refractivity contribution is -0.124. The highest BCUT2D eigenvalue weighted by Gasteiger charge is 2.22. The molecular formula is C15H19BrClNO2. The van der Waals surface area contributed by atoms with Gasteiger partial charge in [-0.2, -0.15) is 0 Å². The van der Waals surface area contributed by atoms with Crippen LogP contribution in [0.3, 0.4) is 0 Å². The van der Waals surface area contributed by atoms with Gasteiger partial charge in [0.15, 0.2) is 6.61 Å². The standard InChI is InChI=1S/C15H19BrClNO2/c1-10-4-2-3-5-13(10)18-15(19)9-20-14-7-6-11(17)8-12(14)16/h6-8,10,13H,2-5,9H2,1H3,(H,18,19). The molecule has 1 aliphatic rings. The Morgan fingerprint density at radius 1 is 1.45 bits per heavy atom. The Bertz CT molecular complexity index is 481. The maximum absolute atomic E-state index is 11.9. The van der Waals surface area contributed by atoms with Crippen LogP contribution in [0.5, 0.6) is 5.75 Å². The van der Waals surface area contributed by atoms with E-state index in [1.807, 2.05) is 0 Å². The fourth-order valence-corrected chi connectivity index (χ4v) is 3.31. The van der Waals surface area contributed by atoms with Gasteiger partial charge in [-0.25, -0.2) is 0 Å². The van der Waals surface area contributed by atoms with E-state index in [-0.39, 0.29) is 18.6 Å². The normalized spacial score (nSPS) is 22.4. The van der Waals surface area contributed by atoms with E-state index in [9.17, 15) is 4.79 Å². The molecule has 2 atom stereocenters. The summed E-state index contributed by atoms with van der Waals surface area (Å²) < 4.78 is 6.27. The lowest BCUT2D eigenvalue weighted by atomic mass is 9.86. The van der Waals surface area contributed by atoms with Crippen LogP contribution in [0.25, 0.3) is 0 Å². The predicted octanol–water partition coefficient (Wildman–Crippen LogP) is 4.18. The van der Waals surface area contributed by atoms with Crippen LogP contribution in [-0.4, -0.2) is 18.6 Å². The molecule has 1 fully saturated rings. The van der Waals surface area contributed by atoms with E-state index in [0.29, 0.717) is 16.7 Å². The highest BCUT2D eigenvalue weighted by Crippen LogP contribution is 2.28. The van der Waals surface area contributed by atoms with Crippen LogP contribution in [0.15, 0.2) is 22.7 Å². The number of hydrogen-bond donors (Lipinski definition) is 1. The number of ether oxygens (including phenoxy) is 1. The average Bonchev–Trinajstić information content (AvgIpc) is 2.40. The van der Waals surface area contributed by atoms with Crippen molar-refractivity contribution in [1.29, 1.82) is 0 Å². The SMILES string of the molecule is CC1CCCCC1NC(=O)COc1ccc(Cl)cc1Br. The van der Waals surface area contributed by atoms with E-state index >= 15 is 0 Å². The third kappa shape index (κ3) is 4.38. The summed E-state index contributed by atoms with van der Waals surface area (Å²) in [4.78, 5) is 11.9. The van der Waals surface area contributed by atoms with E-state index in [0.717, 1.165) is 10.9 Å². The van der Waals surface area contributed by atoms with Gasteiger partial charge in [-0.1, -0.05) is 31.4 Å². The molecule has 1 amide bonds. The van der Waals surface area contributed by atoms with Gasteiger partial charge in [0.25, 0.3) is 5.91 Å². The van der Waals surface area contributed by atoms with Gasteiger partial charge in [-0.3, -0.25) is 4.79 Å². The zero-order valence-corrected chi connectivity index (χ0v) is 13.8. The summed E-state index contributed by atoms with van der Waals surface area (Å²) in [7, 11) is 0. The molecule has 0 saturated heterocycles. The molecule has 1 aliphatic carbocycles. The number of hydrogen-bond acceptors (Lipinski definition) is 2. The van der Waals surface area contributed by atoms with Crippen molar-refractivity contribution in [2.24, 2.45) is 5.92 Å². The summed E-state index contributed by atoms with van der Waals surface area (Å²) in [6, 6.07) is 5.53. The molecule has 2 unspecified atom stereocenters. The second-order valence-electron chi connectivity index (χ2n) is 5.30. The van der Waals surface area contributed by atoms with Gasteiger partial charge in [-0.15, -0.1) is 0 Å². The molecule has 3 nitrogen and oxygen atoms in total. The third-order valence-corrected chi connectivity index (χ3v) is 4.57. The molecule has 1 aromatic rings. The smallest absolute Gasteiger partial charge is 0.258 e. The van der Waals surface area contributed by atoms with Crippen LogP contribution in [-0.2, 0) is 4.79 Å². The van der Waals surface area contributed by atoms with Gasteiger partial charge in [-0.05, 0) is 52.9 Å². The van der Waals surface area contributed by atoms with Gasteiger partial charge in [0.1, 0.15) is 5.75 Å². The van der Waals surface area contributed by atoms with Crippen molar-refractivity contribution < 1.29 is 9.53 Å². The molecule has 0 aliphatic heterocycles. The minimum absolute atomic E-state index is 0.0312. The first-order chi connectivity index (χ1) is 9.56. The molecule has 1 N–H and O–H groups in total.